The number of rotatable bonds is 7. The molecule has 0 aliphatic carbocycles. The van der Waals surface area contributed by atoms with Gasteiger partial charge in [-0.3, -0.25) is 4.79 Å². The van der Waals surface area contributed by atoms with Crippen LogP contribution in [0.5, 0.6) is 0 Å². The Labute approximate surface area is 214 Å². The third-order valence-electron chi connectivity index (χ3n) is 6.14. The van der Waals surface area contributed by atoms with E-state index in [1.54, 1.807) is 6.26 Å². The summed E-state index contributed by atoms with van der Waals surface area (Å²) in [5.41, 5.74) is 6.17. The minimum atomic E-state index is -0.365. The van der Waals surface area contributed by atoms with Crippen LogP contribution in [0.1, 0.15) is 27.4 Å². The van der Waals surface area contributed by atoms with Crippen LogP contribution in [0.4, 0.5) is 16.2 Å². The number of aryl methyl sites for hydroxylation is 2. The van der Waals surface area contributed by atoms with Crippen LogP contribution < -0.4 is 16.0 Å². The number of anilines is 2. The van der Waals surface area contributed by atoms with Crippen LogP contribution >= 0.6 is 0 Å². The second-order valence-corrected chi connectivity index (χ2v) is 9.01. The van der Waals surface area contributed by atoms with Gasteiger partial charge in [-0.05, 0) is 61.4 Å². The van der Waals surface area contributed by atoms with Gasteiger partial charge in [0, 0.05) is 29.6 Å². The molecule has 5 rings (SSSR count). The third-order valence-corrected chi connectivity index (χ3v) is 6.14. The molecule has 2 aromatic heterocycles. The van der Waals surface area contributed by atoms with E-state index in [1.807, 2.05) is 92.7 Å². The van der Waals surface area contributed by atoms with Gasteiger partial charge in [-0.2, -0.15) is 0 Å². The summed E-state index contributed by atoms with van der Waals surface area (Å²) >= 11 is 0. The van der Waals surface area contributed by atoms with Crippen molar-refractivity contribution in [1.29, 1.82) is 0 Å². The van der Waals surface area contributed by atoms with E-state index in [4.69, 9.17) is 4.42 Å². The molecule has 0 aliphatic rings. The van der Waals surface area contributed by atoms with E-state index in [0.29, 0.717) is 35.6 Å². The fourth-order valence-electron chi connectivity index (χ4n) is 4.38. The molecule has 4 N–H and O–H groups in total. The molecule has 186 valence electrons. The van der Waals surface area contributed by atoms with Crippen molar-refractivity contribution in [3.8, 4) is 11.1 Å². The number of fused-ring (bicyclic) bond motifs is 1. The van der Waals surface area contributed by atoms with E-state index >= 15 is 0 Å². The maximum atomic E-state index is 13.4. The minimum absolute atomic E-state index is 0.227. The van der Waals surface area contributed by atoms with E-state index in [9.17, 15) is 9.59 Å². The van der Waals surface area contributed by atoms with Crippen LogP contribution in [0.3, 0.4) is 0 Å². The van der Waals surface area contributed by atoms with E-state index in [0.717, 1.165) is 33.4 Å². The van der Waals surface area contributed by atoms with Crippen molar-refractivity contribution in [3.05, 3.63) is 108 Å². The molecular weight excluding hydrogens is 464 g/mol. The molecule has 5 aromatic rings. The molecule has 3 amide bonds. The Hall–Kier alpha value is -4.78. The van der Waals surface area contributed by atoms with Crippen LogP contribution in [-0.4, -0.2) is 23.5 Å². The number of nitrogens with one attached hydrogen (secondary N) is 4. The highest BCUT2D eigenvalue weighted by molar-refractivity contribution is 6.14. The highest BCUT2D eigenvalue weighted by Crippen LogP contribution is 2.37. The standard InChI is InChI=1S/C30H28N4O3/c1-19-10-12-22(13-11-19)32-30(36)33-25-18-20(2)17-24-26(21-7-4-3-5-8-21)28(34-27(24)25)29(35)31-15-14-23-9-6-16-37-23/h3-13,16-18,34H,14-15H2,1-2H3,(H,31,35)(H2,32,33,36). The topological polar surface area (TPSA) is 99.2 Å². The number of carbonyl (C=O) groups excluding carboxylic acids is 2. The molecule has 7 nitrogen and oxygen atoms in total. The predicted octanol–water partition coefficient (Wildman–Crippen LogP) is 6.66. The number of aromatic amines is 1. The summed E-state index contributed by atoms with van der Waals surface area (Å²) in [6.07, 6.45) is 2.21. The van der Waals surface area contributed by atoms with Crippen molar-refractivity contribution in [2.75, 3.05) is 17.2 Å². The SMILES string of the molecule is Cc1ccc(NC(=O)Nc2cc(C)cc3c(-c4ccccc4)c(C(=O)NCCc4ccco4)[nH]c23)cc1. The summed E-state index contributed by atoms with van der Waals surface area (Å²) in [6.45, 7) is 4.39. The highest BCUT2D eigenvalue weighted by atomic mass is 16.3. The molecule has 0 unspecified atom stereocenters. The Balaban J connectivity index is 1.48. The van der Waals surface area contributed by atoms with Crippen LogP contribution in [0.25, 0.3) is 22.0 Å². The zero-order valence-electron chi connectivity index (χ0n) is 20.7. The molecule has 0 saturated carbocycles. The molecule has 2 heterocycles. The lowest BCUT2D eigenvalue weighted by Gasteiger charge is -2.10. The number of hydrogen-bond donors (Lipinski definition) is 4. The van der Waals surface area contributed by atoms with Crippen LogP contribution in [0.15, 0.2) is 89.5 Å². The number of urea groups is 1. The Kier molecular flexibility index (Phi) is 6.76. The number of aromatic nitrogens is 1. The predicted molar refractivity (Wildman–Crippen MR) is 147 cm³/mol. The lowest BCUT2D eigenvalue weighted by atomic mass is 10.00. The van der Waals surface area contributed by atoms with Gasteiger partial charge >= 0.3 is 6.03 Å². The second-order valence-electron chi connectivity index (χ2n) is 9.01. The van der Waals surface area contributed by atoms with Gasteiger partial charge < -0.3 is 25.4 Å². The molecule has 0 atom stereocenters. The third kappa shape index (κ3) is 5.41. The highest BCUT2D eigenvalue weighted by Gasteiger charge is 2.22. The van der Waals surface area contributed by atoms with Gasteiger partial charge in [-0.1, -0.05) is 48.0 Å². The Morgan fingerprint density at radius 2 is 1.65 bits per heavy atom. The number of benzene rings is 3. The molecule has 37 heavy (non-hydrogen) atoms. The quantitative estimate of drug-likeness (QED) is 0.204. The fourth-order valence-corrected chi connectivity index (χ4v) is 4.38. The summed E-state index contributed by atoms with van der Waals surface area (Å²) in [5, 5.41) is 9.67. The van der Waals surface area contributed by atoms with Crippen molar-refractivity contribution in [3.63, 3.8) is 0 Å². The van der Waals surface area contributed by atoms with Gasteiger partial charge in [0.05, 0.1) is 17.5 Å². The van der Waals surface area contributed by atoms with Gasteiger partial charge in [0.2, 0.25) is 0 Å². The van der Waals surface area contributed by atoms with E-state index in [1.165, 1.54) is 0 Å². The lowest BCUT2D eigenvalue weighted by molar-refractivity contribution is 0.0950. The normalized spacial score (nSPS) is 10.9. The first-order valence-corrected chi connectivity index (χ1v) is 12.1. The zero-order valence-corrected chi connectivity index (χ0v) is 20.7. The number of hydrogen-bond acceptors (Lipinski definition) is 3. The summed E-state index contributed by atoms with van der Waals surface area (Å²) in [7, 11) is 0. The largest absolute Gasteiger partial charge is 0.469 e. The van der Waals surface area contributed by atoms with Crippen LogP contribution in [0.2, 0.25) is 0 Å². The van der Waals surface area contributed by atoms with Crippen molar-refractivity contribution in [1.82, 2.24) is 10.3 Å². The Bertz CT molecular complexity index is 1540. The van der Waals surface area contributed by atoms with Gasteiger partial charge in [-0.25, -0.2) is 4.79 Å². The number of amides is 3. The van der Waals surface area contributed by atoms with E-state index in [-0.39, 0.29) is 11.9 Å². The molecule has 7 heteroatoms. The van der Waals surface area contributed by atoms with Gasteiger partial charge in [0.15, 0.2) is 0 Å². The maximum Gasteiger partial charge on any atom is 0.323 e. The molecule has 0 bridgehead atoms. The summed E-state index contributed by atoms with van der Waals surface area (Å²) in [5.74, 6) is 0.580. The first-order chi connectivity index (χ1) is 18.0. The van der Waals surface area contributed by atoms with Crippen molar-refractivity contribution in [2.45, 2.75) is 20.3 Å². The van der Waals surface area contributed by atoms with Crippen molar-refractivity contribution < 1.29 is 14.0 Å². The van der Waals surface area contributed by atoms with Crippen molar-refractivity contribution >= 4 is 34.2 Å². The molecular formula is C30H28N4O3. The lowest BCUT2D eigenvalue weighted by Crippen LogP contribution is -2.26. The monoisotopic (exact) mass is 492 g/mol. The average Bonchev–Trinajstić information content (AvgIpc) is 3.54. The second kappa shape index (κ2) is 10.5. The maximum absolute atomic E-state index is 13.4. The Morgan fingerprint density at radius 1 is 0.865 bits per heavy atom. The van der Waals surface area contributed by atoms with E-state index < -0.39 is 0 Å². The molecule has 0 saturated heterocycles. The minimum Gasteiger partial charge on any atom is -0.469 e. The summed E-state index contributed by atoms with van der Waals surface area (Å²) < 4.78 is 5.37. The average molecular weight is 493 g/mol. The summed E-state index contributed by atoms with van der Waals surface area (Å²) in [4.78, 5) is 29.5. The fraction of sp³-hybridized carbons (Fsp3) is 0.133. The number of furan rings is 1. The number of carbonyl (C=O) groups is 2. The number of H-pyrrole nitrogens is 1. The summed E-state index contributed by atoms with van der Waals surface area (Å²) in [6, 6.07) is 24.6. The molecule has 0 spiro atoms. The van der Waals surface area contributed by atoms with Crippen LogP contribution in [-0.2, 0) is 6.42 Å². The Morgan fingerprint density at radius 3 is 2.38 bits per heavy atom. The molecule has 0 radical (unpaired) electrons. The first-order valence-electron chi connectivity index (χ1n) is 12.1. The van der Waals surface area contributed by atoms with E-state index in [2.05, 4.69) is 20.9 Å². The first kappa shape index (κ1) is 23.9. The molecule has 0 fully saturated rings. The van der Waals surface area contributed by atoms with Crippen molar-refractivity contribution in [2.24, 2.45) is 0 Å². The van der Waals surface area contributed by atoms with Crippen LogP contribution in [0, 0.1) is 13.8 Å². The van der Waals surface area contributed by atoms with Gasteiger partial charge in [0.1, 0.15) is 11.5 Å². The molecule has 0 aliphatic heterocycles. The molecule has 3 aromatic carbocycles. The van der Waals surface area contributed by atoms with Gasteiger partial charge in [-0.15, -0.1) is 0 Å². The smallest absolute Gasteiger partial charge is 0.323 e. The zero-order chi connectivity index (χ0) is 25.8. The van der Waals surface area contributed by atoms with Gasteiger partial charge in [0.25, 0.3) is 5.91 Å².